The van der Waals surface area contributed by atoms with Gasteiger partial charge in [-0.05, 0) is 54.3 Å². The molecular weight excluding hydrogens is 462 g/mol. The quantitative estimate of drug-likeness (QED) is 0.258. The minimum absolute atomic E-state index is 0.485. The van der Waals surface area contributed by atoms with E-state index in [-0.39, 0.29) is 0 Å². The molecule has 0 aliphatic rings. The van der Waals surface area contributed by atoms with Gasteiger partial charge < -0.3 is 14.8 Å². The normalized spacial score (nSPS) is 11.5. The van der Waals surface area contributed by atoms with E-state index in [1.165, 1.54) is 5.56 Å². The van der Waals surface area contributed by atoms with E-state index in [9.17, 15) is 0 Å². The molecule has 0 aliphatic carbocycles. The molecule has 4 aromatic rings. The van der Waals surface area contributed by atoms with Gasteiger partial charge in [-0.15, -0.1) is 0 Å². The van der Waals surface area contributed by atoms with Crippen molar-refractivity contribution in [3.63, 3.8) is 0 Å². The number of nitrogens with zero attached hydrogens (tertiary/aromatic N) is 4. The van der Waals surface area contributed by atoms with Crippen LogP contribution in [0.4, 0.5) is 11.5 Å². The standard InChI is InChI=1S/C30H37N5O2/c1-21(2)23-8-11-25(12-9-23)32-30-26-13-10-24(29-22(3)7-6-14-31-29)19-27(26)33-28(34-30)20-35(15-17-36-4)16-18-37-5/h6-14,19,21H,15-18,20H2,1-5H3,(H,32,33,34). The molecule has 0 saturated carbocycles. The van der Waals surface area contributed by atoms with E-state index < -0.39 is 0 Å². The SMILES string of the molecule is COCCN(CCOC)Cc1nc(Nc2ccc(C(C)C)cc2)c2ccc(-c3ncccc3C)cc2n1. The van der Waals surface area contributed by atoms with Gasteiger partial charge in [0.2, 0.25) is 0 Å². The first kappa shape index (κ1) is 26.7. The summed E-state index contributed by atoms with van der Waals surface area (Å²) in [6, 6.07) is 18.9. The number of hydrogen-bond acceptors (Lipinski definition) is 7. The number of fused-ring (bicyclic) bond motifs is 1. The van der Waals surface area contributed by atoms with Crippen molar-refractivity contribution < 1.29 is 9.47 Å². The maximum Gasteiger partial charge on any atom is 0.145 e. The van der Waals surface area contributed by atoms with E-state index in [0.717, 1.165) is 58.1 Å². The zero-order valence-corrected chi connectivity index (χ0v) is 22.5. The molecule has 0 fully saturated rings. The fraction of sp³-hybridized carbons (Fsp3) is 0.367. The molecule has 0 radical (unpaired) electrons. The molecule has 2 heterocycles. The number of hydrogen-bond donors (Lipinski definition) is 1. The highest BCUT2D eigenvalue weighted by molar-refractivity contribution is 5.93. The Balaban J connectivity index is 1.74. The third-order valence-electron chi connectivity index (χ3n) is 6.45. The van der Waals surface area contributed by atoms with Crippen LogP contribution in [0.2, 0.25) is 0 Å². The second-order valence-electron chi connectivity index (χ2n) is 9.55. The van der Waals surface area contributed by atoms with E-state index in [0.29, 0.717) is 25.7 Å². The van der Waals surface area contributed by atoms with Crippen LogP contribution in [0.1, 0.15) is 36.7 Å². The highest BCUT2D eigenvalue weighted by Crippen LogP contribution is 2.30. The summed E-state index contributed by atoms with van der Waals surface area (Å²) < 4.78 is 10.6. The fourth-order valence-electron chi connectivity index (χ4n) is 4.28. The van der Waals surface area contributed by atoms with Crippen LogP contribution in [0.3, 0.4) is 0 Å². The Morgan fingerprint density at radius 3 is 2.30 bits per heavy atom. The Hall–Kier alpha value is -3.39. The zero-order chi connectivity index (χ0) is 26.2. The summed E-state index contributed by atoms with van der Waals surface area (Å²) in [4.78, 5) is 16.8. The molecular formula is C30H37N5O2. The van der Waals surface area contributed by atoms with Gasteiger partial charge in [-0.2, -0.15) is 0 Å². The molecule has 0 atom stereocenters. The van der Waals surface area contributed by atoms with Gasteiger partial charge in [0.25, 0.3) is 0 Å². The van der Waals surface area contributed by atoms with E-state index in [1.807, 2.05) is 12.3 Å². The highest BCUT2D eigenvalue weighted by Gasteiger charge is 2.14. The van der Waals surface area contributed by atoms with Crippen LogP contribution >= 0.6 is 0 Å². The van der Waals surface area contributed by atoms with Crippen molar-refractivity contribution in [2.24, 2.45) is 0 Å². The first-order valence-electron chi connectivity index (χ1n) is 12.8. The molecule has 194 valence electrons. The van der Waals surface area contributed by atoms with Crippen molar-refractivity contribution in [2.75, 3.05) is 45.8 Å². The van der Waals surface area contributed by atoms with Crippen LogP contribution in [0.25, 0.3) is 22.2 Å². The lowest BCUT2D eigenvalue weighted by Gasteiger charge is -2.21. The van der Waals surface area contributed by atoms with Crippen molar-refractivity contribution in [1.29, 1.82) is 0 Å². The number of rotatable bonds is 12. The van der Waals surface area contributed by atoms with Gasteiger partial charge >= 0.3 is 0 Å². The Bertz CT molecular complexity index is 1300. The van der Waals surface area contributed by atoms with Crippen LogP contribution < -0.4 is 5.32 Å². The second kappa shape index (κ2) is 12.7. The Kier molecular flexibility index (Phi) is 9.17. The van der Waals surface area contributed by atoms with Crippen LogP contribution in [0.15, 0.2) is 60.8 Å². The summed E-state index contributed by atoms with van der Waals surface area (Å²) in [5.41, 5.74) is 6.32. The lowest BCUT2D eigenvalue weighted by molar-refractivity contribution is 0.109. The third kappa shape index (κ3) is 6.89. The van der Waals surface area contributed by atoms with Crippen molar-refractivity contribution in [3.8, 4) is 11.3 Å². The topological polar surface area (TPSA) is 72.4 Å². The van der Waals surface area contributed by atoms with Gasteiger partial charge in [0.15, 0.2) is 0 Å². The zero-order valence-electron chi connectivity index (χ0n) is 22.5. The Morgan fingerprint density at radius 2 is 1.65 bits per heavy atom. The molecule has 0 amide bonds. The van der Waals surface area contributed by atoms with E-state index in [1.54, 1.807) is 14.2 Å². The molecule has 0 aliphatic heterocycles. The van der Waals surface area contributed by atoms with Gasteiger partial charge in [-0.1, -0.05) is 38.1 Å². The predicted octanol–water partition coefficient (Wildman–Crippen LogP) is 5.96. The van der Waals surface area contributed by atoms with Gasteiger partial charge in [0, 0.05) is 50.1 Å². The predicted molar refractivity (Wildman–Crippen MR) is 150 cm³/mol. The molecule has 2 aromatic carbocycles. The number of methoxy groups -OCH3 is 2. The number of anilines is 2. The average Bonchev–Trinajstić information content (AvgIpc) is 2.90. The highest BCUT2D eigenvalue weighted by atomic mass is 16.5. The van der Waals surface area contributed by atoms with Gasteiger partial charge in [0.05, 0.1) is 31.0 Å². The molecule has 0 unspecified atom stereocenters. The number of aromatic nitrogens is 3. The minimum Gasteiger partial charge on any atom is -0.383 e. The first-order chi connectivity index (χ1) is 18.0. The van der Waals surface area contributed by atoms with Crippen molar-refractivity contribution in [1.82, 2.24) is 19.9 Å². The molecule has 1 N–H and O–H groups in total. The van der Waals surface area contributed by atoms with Crippen molar-refractivity contribution in [3.05, 3.63) is 77.7 Å². The molecule has 0 bridgehead atoms. The summed E-state index contributed by atoms with van der Waals surface area (Å²) in [5, 5.41) is 4.52. The molecule has 7 heteroatoms. The molecule has 4 rings (SSSR count). The summed E-state index contributed by atoms with van der Waals surface area (Å²) >= 11 is 0. The van der Waals surface area contributed by atoms with Crippen molar-refractivity contribution >= 4 is 22.4 Å². The number of pyridine rings is 1. The summed E-state index contributed by atoms with van der Waals surface area (Å²) in [7, 11) is 3.43. The first-order valence-corrected chi connectivity index (χ1v) is 12.8. The largest absolute Gasteiger partial charge is 0.383 e. The summed E-state index contributed by atoms with van der Waals surface area (Å²) in [6.45, 7) is 9.88. The molecule has 0 spiro atoms. The van der Waals surface area contributed by atoms with E-state index >= 15 is 0 Å². The van der Waals surface area contributed by atoms with Crippen molar-refractivity contribution in [2.45, 2.75) is 33.2 Å². The molecule has 7 nitrogen and oxygen atoms in total. The fourth-order valence-corrected chi connectivity index (χ4v) is 4.28. The molecule has 2 aromatic heterocycles. The van der Waals surface area contributed by atoms with Gasteiger partial charge in [-0.25, -0.2) is 9.97 Å². The van der Waals surface area contributed by atoms with E-state index in [2.05, 4.69) is 84.5 Å². The monoisotopic (exact) mass is 499 g/mol. The van der Waals surface area contributed by atoms with Gasteiger partial charge in [-0.3, -0.25) is 9.88 Å². The molecule has 0 saturated heterocycles. The third-order valence-corrected chi connectivity index (χ3v) is 6.45. The second-order valence-corrected chi connectivity index (χ2v) is 9.55. The number of benzene rings is 2. The van der Waals surface area contributed by atoms with E-state index in [4.69, 9.17) is 19.4 Å². The molecule has 37 heavy (non-hydrogen) atoms. The number of ether oxygens (including phenoxy) is 2. The summed E-state index contributed by atoms with van der Waals surface area (Å²) in [6.07, 6.45) is 1.83. The van der Waals surface area contributed by atoms with Crippen LogP contribution in [-0.4, -0.2) is 60.4 Å². The van der Waals surface area contributed by atoms with Crippen LogP contribution in [0.5, 0.6) is 0 Å². The minimum atomic E-state index is 0.485. The summed E-state index contributed by atoms with van der Waals surface area (Å²) in [5.74, 6) is 2.02. The lowest BCUT2D eigenvalue weighted by atomic mass is 10.0. The van der Waals surface area contributed by atoms with Crippen LogP contribution in [-0.2, 0) is 16.0 Å². The smallest absolute Gasteiger partial charge is 0.145 e. The maximum absolute atomic E-state index is 5.32. The lowest BCUT2D eigenvalue weighted by Crippen LogP contribution is -2.31. The van der Waals surface area contributed by atoms with Gasteiger partial charge in [0.1, 0.15) is 11.6 Å². The Labute approximate surface area is 219 Å². The maximum atomic E-state index is 5.32. The average molecular weight is 500 g/mol. The van der Waals surface area contributed by atoms with Crippen LogP contribution in [0, 0.1) is 6.92 Å². The number of aryl methyl sites for hydroxylation is 1. The number of nitrogens with one attached hydrogen (secondary N) is 1. The Morgan fingerprint density at radius 1 is 0.919 bits per heavy atom.